The largest absolute Gasteiger partial charge is 0.358 e. The van der Waals surface area contributed by atoms with Crippen LogP contribution in [0.3, 0.4) is 0 Å². The topological polar surface area (TPSA) is 19.0 Å². The van der Waals surface area contributed by atoms with E-state index in [1.165, 1.54) is 5.56 Å². The van der Waals surface area contributed by atoms with Gasteiger partial charge < -0.3 is 4.98 Å². The molecular weight excluding hydrogens is 311 g/mol. The molecule has 134 valence electrons. The molecular formula is C22H29FN2. The molecule has 0 aliphatic carbocycles. The van der Waals surface area contributed by atoms with Crippen molar-refractivity contribution in [3.05, 3.63) is 75.8 Å². The highest BCUT2D eigenvalue weighted by Gasteiger charge is 2.29. The van der Waals surface area contributed by atoms with Gasteiger partial charge in [0.25, 0.3) is 0 Å². The third-order valence-electron chi connectivity index (χ3n) is 4.41. The van der Waals surface area contributed by atoms with E-state index in [1.54, 1.807) is 0 Å². The lowest BCUT2D eigenvalue weighted by molar-refractivity contribution is 0.0610. The summed E-state index contributed by atoms with van der Waals surface area (Å²) in [6.45, 7) is 14.0. The molecule has 3 rings (SSSR count). The second kappa shape index (κ2) is 7.73. The van der Waals surface area contributed by atoms with Gasteiger partial charge in [0.15, 0.2) is 0 Å². The number of rotatable bonds is 2. The van der Waals surface area contributed by atoms with Gasteiger partial charge in [-0.15, -0.1) is 0 Å². The molecule has 1 N–H and O–H groups in total. The van der Waals surface area contributed by atoms with Crippen LogP contribution in [0.2, 0.25) is 0 Å². The molecule has 1 aliphatic rings. The average Bonchev–Trinajstić information content (AvgIpc) is 3.04. The summed E-state index contributed by atoms with van der Waals surface area (Å²) >= 11 is 0. The second-order valence-corrected chi connectivity index (χ2v) is 6.50. The van der Waals surface area contributed by atoms with Crippen LogP contribution in [0.1, 0.15) is 55.8 Å². The minimum atomic E-state index is -0.234. The summed E-state index contributed by atoms with van der Waals surface area (Å²) in [5.41, 5.74) is 7.99. The van der Waals surface area contributed by atoms with Crippen LogP contribution in [0.15, 0.2) is 47.7 Å². The normalized spacial score (nSPS) is 18.6. The molecule has 1 aromatic carbocycles. The highest BCUT2D eigenvalue weighted by molar-refractivity contribution is 5.84. The molecule has 2 heterocycles. The summed E-state index contributed by atoms with van der Waals surface area (Å²) in [6, 6.07) is 10.1. The van der Waals surface area contributed by atoms with Crippen LogP contribution in [0.5, 0.6) is 0 Å². The second-order valence-electron chi connectivity index (χ2n) is 6.50. The smallest absolute Gasteiger partial charge is 0.0820 e. The maximum Gasteiger partial charge on any atom is 0.0820 e. The number of aromatic amines is 1. The number of nitrogens with zero attached hydrogens (tertiary/aromatic N) is 1. The van der Waals surface area contributed by atoms with E-state index in [4.69, 9.17) is 0 Å². The van der Waals surface area contributed by atoms with E-state index >= 15 is 0 Å². The molecule has 0 bridgehead atoms. The Balaban J connectivity index is 0.00000109. The van der Waals surface area contributed by atoms with Crippen molar-refractivity contribution in [2.24, 2.45) is 0 Å². The van der Waals surface area contributed by atoms with E-state index in [2.05, 4.69) is 49.2 Å². The van der Waals surface area contributed by atoms with Crippen LogP contribution in [0, 0.1) is 20.8 Å². The van der Waals surface area contributed by atoms with Crippen molar-refractivity contribution in [2.75, 3.05) is 0 Å². The molecule has 1 aliphatic heterocycles. The van der Waals surface area contributed by atoms with E-state index in [-0.39, 0.29) is 6.04 Å². The first-order valence-electron chi connectivity index (χ1n) is 9.00. The summed E-state index contributed by atoms with van der Waals surface area (Å²) < 4.78 is 14.8. The van der Waals surface area contributed by atoms with Crippen molar-refractivity contribution in [2.45, 2.75) is 54.5 Å². The summed E-state index contributed by atoms with van der Waals surface area (Å²) in [5.74, 6) is 0. The fourth-order valence-corrected chi connectivity index (χ4v) is 3.29. The zero-order valence-corrected chi connectivity index (χ0v) is 16.4. The molecule has 0 fully saturated rings. The Labute approximate surface area is 151 Å². The van der Waals surface area contributed by atoms with E-state index in [1.807, 2.05) is 40.7 Å². The van der Waals surface area contributed by atoms with E-state index < -0.39 is 0 Å². The molecule has 3 heteroatoms. The number of halogens is 1. The van der Waals surface area contributed by atoms with Crippen molar-refractivity contribution in [1.29, 1.82) is 0 Å². The molecule has 1 unspecified atom stereocenters. The molecule has 2 aromatic rings. The number of H-pyrrole nitrogens is 1. The fourth-order valence-electron chi connectivity index (χ4n) is 3.29. The summed E-state index contributed by atoms with van der Waals surface area (Å²) in [6.07, 6.45) is 1.97. The third-order valence-corrected chi connectivity index (χ3v) is 4.41. The highest BCUT2D eigenvalue weighted by Crippen LogP contribution is 2.38. The Hall–Kier alpha value is -2.29. The standard InChI is InChI=1S/C20H23FN2.C2H6/c1-12-6-8-17(9-7-12)18(19-13(2)10-15(4)22-19)20-14(3)11-16(5)23(20)21;1-2/h6-11,16,22H,1-5H3;1-2H3/b20-18-;. The molecule has 1 aromatic heterocycles. The highest BCUT2D eigenvalue weighted by atomic mass is 19.2. The quantitative estimate of drug-likeness (QED) is 0.639. The third kappa shape index (κ3) is 3.71. The summed E-state index contributed by atoms with van der Waals surface area (Å²) in [4.78, 5) is 3.41. The zero-order chi connectivity index (χ0) is 18.7. The average molecular weight is 340 g/mol. The lowest BCUT2D eigenvalue weighted by atomic mass is 9.95. The Morgan fingerprint density at radius 2 is 1.64 bits per heavy atom. The number of hydrogen-bond donors (Lipinski definition) is 1. The predicted octanol–water partition coefficient (Wildman–Crippen LogP) is 6.26. The maximum absolute atomic E-state index is 14.8. The number of allylic oxidation sites excluding steroid dienone is 1. The molecule has 25 heavy (non-hydrogen) atoms. The van der Waals surface area contributed by atoms with Crippen molar-refractivity contribution in [3.8, 4) is 0 Å². The number of nitrogens with one attached hydrogen (secondary N) is 1. The minimum absolute atomic E-state index is 0.234. The van der Waals surface area contributed by atoms with Gasteiger partial charge in [-0.1, -0.05) is 54.2 Å². The van der Waals surface area contributed by atoms with Crippen molar-refractivity contribution in [3.63, 3.8) is 0 Å². The molecule has 0 radical (unpaired) electrons. The van der Waals surface area contributed by atoms with Gasteiger partial charge in [-0.2, -0.15) is 0 Å². The van der Waals surface area contributed by atoms with Gasteiger partial charge in [-0.25, -0.2) is 5.12 Å². The molecule has 0 saturated heterocycles. The number of benzene rings is 1. The van der Waals surface area contributed by atoms with Gasteiger partial charge in [-0.3, -0.25) is 0 Å². The molecule has 0 amide bonds. The van der Waals surface area contributed by atoms with E-state index in [9.17, 15) is 4.48 Å². The minimum Gasteiger partial charge on any atom is -0.358 e. The molecule has 1 atom stereocenters. The van der Waals surface area contributed by atoms with Crippen molar-refractivity contribution in [1.82, 2.24) is 10.1 Å². The lowest BCUT2D eigenvalue weighted by Crippen LogP contribution is -2.18. The fraction of sp³-hybridized carbons (Fsp3) is 0.364. The maximum atomic E-state index is 14.8. The Morgan fingerprint density at radius 1 is 1.04 bits per heavy atom. The van der Waals surface area contributed by atoms with Gasteiger partial charge in [0.1, 0.15) is 0 Å². The first-order valence-corrected chi connectivity index (χ1v) is 9.00. The van der Waals surface area contributed by atoms with Gasteiger partial charge in [0, 0.05) is 11.3 Å². The van der Waals surface area contributed by atoms with Crippen LogP contribution in [0.4, 0.5) is 4.48 Å². The van der Waals surface area contributed by atoms with Crippen molar-refractivity contribution < 1.29 is 4.48 Å². The predicted molar refractivity (Wildman–Crippen MR) is 105 cm³/mol. The molecule has 2 nitrogen and oxygen atoms in total. The van der Waals surface area contributed by atoms with Gasteiger partial charge >= 0.3 is 0 Å². The van der Waals surface area contributed by atoms with Crippen LogP contribution in [0.25, 0.3) is 5.57 Å². The summed E-state index contributed by atoms with van der Waals surface area (Å²) in [5, 5.41) is 0.875. The van der Waals surface area contributed by atoms with Crippen LogP contribution >= 0.6 is 0 Å². The van der Waals surface area contributed by atoms with Gasteiger partial charge in [0.05, 0.1) is 17.4 Å². The molecule has 0 saturated carbocycles. The van der Waals surface area contributed by atoms with Gasteiger partial charge in [0.2, 0.25) is 0 Å². The van der Waals surface area contributed by atoms with Crippen LogP contribution < -0.4 is 0 Å². The summed E-state index contributed by atoms with van der Waals surface area (Å²) in [7, 11) is 0. The van der Waals surface area contributed by atoms with Crippen LogP contribution in [-0.2, 0) is 0 Å². The Morgan fingerprint density at radius 3 is 2.08 bits per heavy atom. The van der Waals surface area contributed by atoms with Crippen molar-refractivity contribution >= 4 is 5.57 Å². The zero-order valence-electron chi connectivity index (χ0n) is 16.4. The number of aromatic nitrogens is 1. The number of aryl methyl sites for hydroxylation is 3. The Kier molecular flexibility index (Phi) is 5.89. The first kappa shape index (κ1) is 19.0. The van der Waals surface area contributed by atoms with E-state index in [0.29, 0.717) is 5.70 Å². The Bertz CT molecular complexity index is 794. The monoisotopic (exact) mass is 340 g/mol. The first-order chi connectivity index (χ1) is 11.9. The number of hydrogen-bond acceptors (Lipinski definition) is 1. The van der Waals surface area contributed by atoms with E-state index in [0.717, 1.165) is 38.8 Å². The van der Waals surface area contributed by atoms with Gasteiger partial charge in [-0.05, 0) is 57.4 Å². The SMILES string of the molecule is CC.CC1=CC(C)N(F)/C1=C(/c1ccc(C)cc1)c1[nH]c(C)cc1C. The molecule has 0 spiro atoms. The lowest BCUT2D eigenvalue weighted by Gasteiger charge is -2.20. The van der Waals surface area contributed by atoms with Crippen LogP contribution in [-0.4, -0.2) is 16.1 Å².